The number of benzene rings is 2. The second kappa shape index (κ2) is 7.83. The Morgan fingerprint density at radius 1 is 1.23 bits per heavy atom. The van der Waals surface area contributed by atoms with Gasteiger partial charge in [0, 0.05) is 22.4 Å². The highest BCUT2D eigenvalue weighted by atomic mass is 32.2. The first-order valence-electron chi connectivity index (χ1n) is 8.55. The lowest BCUT2D eigenvalue weighted by atomic mass is 10.1. The Morgan fingerprint density at radius 2 is 2.00 bits per heavy atom. The van der Waals surface area contributed by atoms with Crippen LogP contribution < -0.4 is 10.6 Å². The number of carbonyl (C=O) groups is 2. The van der Waals surface area contributed by atoms with E-state index in [2.05, 4.69) is 6.92 Å². The van der Waals surface area contributed by atoms with Gasteiger partial charge in [0.05, 0.1) is 11.3 Å². The third kappa shape index (κ3) is 3.85. The van der Waals surface area contributed by atoms with Crippen LogP contribution >= 0.6 is 11.8 Å². The summed E-state index contributed by atoms with van der Waals surface area (Å²) in [6, 6.07) is 13.0. The predicted molar refractivity (Wildman–Crippen MR) is 105 cm³/mol. The maximum atomic E-state index is 12.7. The van der Waals surface area contributed by atoms with Crippen molar-refractivity contribution in [1.29, 1.82) is 0 Å². The number of esters is 1. The zero-order valence-corrected chi connectivity index (χ0v) is 15.7. The van der Waals surface area contributed by atoms with Gasteiger partial charge in [0.25, 0.3) is 5.91 Å². The summed E-state index contributed by atoms with van der Waals surface area (Å²) in [5, 5.41) is 0.420. The molecule has 0 saturated carbocycles. The van der Waals surface area contributed by atoms with E-state index in [-0.39, 0.29) is 12.5 Å². The van der Waals surface area contributed by atoms with E-state index < -0.39 is 5.97 Å². The van der Waals surface area contributed by atoms with Crippen LogP contribution in [0.1, 0.15) is 29.3 Å². The summed E-state index contributed by atoms with van der Waals surface area (Å²) >= 11 is 1.76. The van der Waals surface area contributed by atoms with Crippen LogP contribution in [0.2, 0.25) is 0 Å². The molecule has 0 fully saturated rings. The third-order valence-electron chi connectivity index (χ3n) is 4.42. The van der Waals surface area contributed by atoms with E-state index in [1.165, 1.54) is 0 Å². The first-order chi connectivity index (χ1) is 12.5. The van der Waals surface area contributed by atoms with E-state index in [9.17, 15) is 9.59 Å². The summed E-state index contributed by atoms with van der Waals surface area (Å²) in [6.07, 6.45) is 0.879. The minimum absolute atomic E-state index is 0.230. The Hall–Kier alpha value is -2.47. The third-order valence-corrected chi connectivity index (χ3v) is 5.65. The Kier molecular flexibility index (Phi) is 5.52. The molecule has 3 rings (SSSR count). The fourth-order valence-corrected chi connectivity index (χ4v) is 4.00. The molecule has 0 radical (unpaired) electrons. The molecule has 6 heteroatoms. The fraction of sp³-hybridized carbons (Fsp3) is 0.300. The Morgan fingerprint density at radius 3 is 2.81 bits per heavy atom. The van der Waals surface area contributed by atoms with E-state index in [0.717, 1.165) is 22.6 Å². The Balaban J connectivity index is 1.72. The average molecular weight is 370 g/mol. The molecular weight excluding hydrogens is 348 g/mol. The quantitative estimate of drug-likeness (QED) is 0.659. The number of nitrogen functional groups attached to an aromatic ring is 1. The largest absolute Gasteiger partial charge is 0.452 e. The zero-order chi connectivity index (χ0) is 18.7. The van der Waals surface area contributed by atoms with Gasteiger partial charge < -0.3 is 15.4 Å². The number of fused-ring (bicyclic) bond motifs is 1. The lowest BCUT2D eigenvalue weighted by Crippen LogP contribution is -2.35. The number of aryl methyl sites for hydroxylation is 1. The second-order valence-electron chi connectivity index (χ2n) is 6.34. The molecule has 1 aliphatic heterocycles. The van der Waals surface area contributed by atoms with Gasteiger partial charge in [0.1, 0.15) is 0 Å². The Labute approximate surface area is 157 Å². The van der Waals surface area contributed by atoms with Crippen LogP contribution in [0.3, 0.4) is 0 Å². The van der Waals surface area contributed by atoms with Gasteiger partial charge in [-0.25, -0.2) is 4.79 Å². The van der Waals surface area contributed by atoms with E-state index in [0.29, 0.717) is 23.0 Å². The van der Waals surface area contributed by atoms with E-state index in [4.69, 9.17) is 10.5 Å². The SMILES string of the molecule is Cc1cccc(C(=O)OCC(=O)N2CC[C@@H](C)Sc3ccccc32)c1N. The highest BCUT2D eigenvalue weighted by Gasteiger charge is 2.25. The Bertz CT molecular complexity index is 838. The molecule has 0 spiro atoms. The summed E-state index contributed by atoms with van der Waals surface area (Å²) in [4.78, 5) is 27.8. The van der Waals surface area contributed by atoms with Gasteiger partial charge in [0.15, 0.2) is 6.61 Å². The van der Waals surface area contributed by atoms with Gasteiger partial charge in [-0.3, -0.25) is 4.79 Å². The van der Waals surface area contributed by atoms with Crippen LogP contribution in [-0.2, 0) is 9.53 Å². The molecule has 2 aromatic carbocycles. The molecule has 2 N–H and O–H groups in total. The summed E-state index contributed by atoms with van der Waals surface area (Å²) in [5.74, 6) is -0.808. The molecule has 5 nitrogen and oxygen atoms in total. The van der Waals surface area contributed by atoms with Crippen molar-refractivity contribution >= 4 is 35.0 Å². The standard InChI is InChI=1S/C20H22N2O3S/c1-13-6-5-7-15(19(13)21)20(24)25-12-18(23)22-11-10-14(2)26-17-9-4-3-8-16(17)22/h3-9,14H,10-12,21H2,1-2H3/t14-/m1/s1. The fourth-order valence-electron chi connectivity index (χ4n) is 2.89. The maximum Gasteiger partial charge on any atom is 0.340 e. The molecule has 1 amide bonds. The lowest BCUT2D eigenvalue weighted by Gasteiger charge is -2.22. The number of para-hydroxylation sites is 2. The number of nitrogens with two attached hydrogens (primary N) is 1. The smallest absolute Gasteiger partial charge is 0.340 e. The number of ether oxygens (including phenoxy) is 1. The van der Waals surface area contributed by atoms with Crippen LogP contribution in [-0.4, -0.2) is 30.3 Å². The highest BCUT2D eigenvalue weighted by Crippen LogP contribution is 2.37. The molecular formula is C20H22N2O3S. The van der Waals surface area contributed by atoms with Crippen molar-refractivity contribution < 1.29 is 14.3 Å². The van der Waals surface area contributed by atoms with Crippen LogP contribution in [0.4, 0.5) is 11.4 Å². The number of anilines is 2. The number of thioether (sulfide) groups is 1. The number of amides is 1. The molecule has 0 saturated heterocycles. The molecule has 0 aromatic heterocycles. The number of hydrogen-bond donors (Lipinski definition) is 1. The first kappa shape index (κ1) is 18.3. The summed E-state index contributed by atoms with van der Waals surface area (Å²) in [7, 11) is 0. The van der Waals surface area contributed by atoms with Gasteiger partial charge in [-0.05, 0) is 37.1 Å². The highest BCUT2D eigenvalue weighted by molar-refractivity contribution is 8.00. The molecule has 0 aliphatic carbocycles. The second-order valence-corrected chi connectivity index (χ2v) is 7.82. The molecule has 0 bridgehead atoms. The van der Waals surface area contributed by atoms with Crippen LogP contribution in [0.5, 0.6) is 0 Å². The van der Waals surface area contributed by atoms with Crippen molar-refractivity contribution in [1.82, 2.24) is 0 Å². The first-order valence-corrected chi connectivity index (χ1v) is 9.43. The maximum absolute atomic E-state index is 12.7. The molecule has 1 atom stereocenters. The zero-order valence-electron chi connectivity index (χ0n) is 14.9. The molecule has 26 heavy (non-hydrogen) atoms. The predicted octanol–water partition coefficient (Wildman–Crippen LogP) is 3.65. The number of carbonyl (C=O) groups excluding carboxylic acids is 2. The van der Waals surface area contributed by atoms with Crippen molar-refractivity contribution in [3.8, 4) is 0 Å². The monoisotopic (exact) mass is 370 g/mol. The van der Waals surface area contributed by atoms with Gasteiger partial charge in [-0.15, -0.1) is 11.8 Å². The van der Waals surface area contributed by atoms with E-state index in [1.54, 1.807) is 28.8 Å². The molecule has 1 heterocycles. The summed E-state index contributed by atoms with van der Waals surface area (Å²) < 4.78 is 5.24. The van der Waals surface area contributed by atoms with E-state index in [1.807, 2.05) is 37.3 Å². The van der Waals surface area contributed by atoms with Gasteiger partial charge >= 0.3 is 5.97 Å². The normalized spacial score (nSPS) is 16.5. The lowest BCUT2D eigenvalue weighted by molar-refractivity contribution is -0.121. The van der Waals surface area contributed by atoms with Crippen molar-refractivity contribution in [3.63, 3.8) is 0 Å². The molecule has 2 aromatic rings. The molecule has 1 aliphatic rings. The minimum atomic E-state index is -0.578. The molecule has 136 valence electrons. The van der Waals surface area contributed by atoms with Crippen molar-refractivity contribution in [2.45, 2.75) is 30.4 Å². The summed E-state index contributed by atoms with van der Waals surface area (Å²) in [5.41, 5.74) is 8.28. The number of nitrogens with zero attached hydrogens (tertiary/aromatic N) is 1. The topological polar surface area (TPSA) is 72.6 Å². The minimum Gasteiger partial charge on any atom is -0.452 e. The van der Waals surface area contributed by atoms with Crippen LogP contribution in [0, 0.1) is 6.92 Å². The van der Waals surface area contributed by atoms with Gasteiger partial charge in [0.2, 0.25) is 0 Å². The summed E-state index contributed by atoms with van der Waals surface area (Å²) in [6.45, 7) is 4.27. The van der Waals surface area contributed by atoms with Crippen molar-refractivity contribution in [3.05, 3.63) is 53.6 Å². The van der Waals surface area contributed by atoms with E-state index >= 15 is 0 Å². The van der Waals surface area contributed by atoms with Gasteiger partial charge in [-0.2, -0.15) is 0 Å². The van der Waals surface area contributed by atoms with Crippen LogP contribution in [0.15, 0.2) is 47.4 Å². The molecule has 0 unspecified atom stereocenters. The van der Waals surface area contributed by atoms with Crippen LogP contribution in [0.25, 0.3) is 0 Å². The van der Waals surface area contributed by atoms with Crippen molar-refractivity contribution in [2.75, 3.05) is 23.8 Å². The van der Waals surface area contributed by atoms with Gasteiger partial charge in [-0.1, -0.05) is 31.2 Å². The average Bonchev–Trinajstić information content (AvgIpc) is 2.80. The number of hydrogen-bond acceptors (Lipinski definition) is 5. The number of rotatable bonds is 3. The van der Waals surface area contributed by atoms with Crippen molar-refractivity contribution in [2.24, 2.45) is 0 Å².